The molecule has 0 bridgehead atoms. The Labute approximate surface area is 114 Å². The lowest BCUT2D eigenvalue weighted by Gasteiger charge is -2.17. The molecule has 0 unspecified atom stereocenters. The van der Waals surface area contributed by atoms with Crippen molar-refractivity contribution in [3.63, 3.8) is 0 Å². The zero-order valence-corrected chi connectivity index (χ0v) is 11.5. The second kappa shape index (κ2) is 8.50. The predicted molar refractivity (Wildman–Crippen MR) is 74.6 cm³/mol. The van der Waals surface area contributed by atoms with Crippen molar-refractivity contribution >= 4 is 11.6 Å². The number of nitrogen functional groups attached to an aromatic ring is 1. The van der Waals surface area contributed by atoms with Crippen LogP contribution in [0.15, 0.2) is 24.3 Å². The maximum Gasteiger partial charge on any atom is 0.224 e. The molecule has 0 aromatic heterocycles. The van der Waals surface area contributed by atoms with E-state index in [4.69, 9.17) is 15.2 Å². The minimum atomic E-state index is -0.384. The molecule has 0 aliphatic rings. The first kappa shape index (κ1) is 15.5. The van der Waals surface area contributed by atoms with Gasteiger partial charge in [0.2, 0.25) is 5.91 Å². The second-order valence-electron chi connectivity index (χ2n) is 4.06. The summed E-state index contributed by atoms with van der Waals surface area (Å²) in [6.45, 7) is 5.25. The standard InChI is InChI=1S/C14H22N2O3/c1-3-18-14(19-4-2)10-16-13(17)9-11-5-7-12(15)8-6-11/h5-8,14H,3-4,9-10,15H2,1-2H3,(H,16,17). The first-order chi connectivity index (χ1) is 9.15. The fraction of sp³-hybridized carbons (Fsp3) is 0.500. The number of nitrogens with two attached hydrogens (primary N) is 1. The molecule has 0 heterocycles. The quantitative estimate of drug-likeness (QED) is 0.550. The van der Waals surface area contributed by atoms with Crippen LogP contribution in [-0.4, -0.2) is 32.0 Å². The van der Waals surface area contributed by atoms with E-state index >= 15 is 0 Å². The van der Waals surface area contributed by atoms with Crippen molar-refractivity contribution in [3.8, 4) is 0 Å². The van der Waals surface area contributed by atoms with Crippen LogP contribution in [0.5, 0.6) is 0 Å². The van der Waals surface area contributed by atoms with Crippen LogP contribution in [0.4, 0.5) is 5.69 Å². The maximum absolute atomic E-state index is 11.8. The Hall–Kier alpha value is -1.59. The highest BCUT2D eigenvalue weighted by Gasteiger charge is 2.10. The third-order valence-corrected chi connectivity index (χ3v) is 2.52. The number of ether oxygens (including phenoxy) is 2. The molecule has 5 heteroatoms. The highest BCUT2D eigenvalue weighted by molar-refractivity contribution is 5.78. The zero-order chi connectivity index (χ0) is 14.1. The van der Waals surface area contributed by atoms with Crippen LogP contribution in [-0.2, 0) is 20.7 Å². The lowest BCUT2D eigenvalue weighted by molar-refractivity contribution is -0.140. The Balaban J connectivity index is 2.35. The SMILES string of the molecule is CCOC(CNC(=O)Cc1ccc(N)cc1)OCC. The zero-order valence-electron chi connectivity index (χ0n) is 11.5. The third-order valence-electron chi connectivity index (χ3n) is 2.52. The van der Waals surface area contributed by atoms with Gasteiger partial charge in [0.1, 0.15) is 0 Å². The summed E-state index contributed by atoms with van der Waals surface area (Å²) < 4.78 is 10.7. The van der Waals surface area contributed by atoms with Gasteiger partial charge in [-0.3, -0.25) is 4.79 Å². The van der Waals surface area contributed by atoms with Crippen LogP contribution >= 0.6 is 0 Å². The highest BCUT2D eigenvalue weighted by Crippen LogP contribution is 2.06. The second-order valence-corrected chi connectivity index (χ2v) is 4.06. The van der Waals surface area contributed by atoms with E-state index in [2.05, 4.69) is 5.32 Å². The fourth-order valence-corrected chi connectivity index (χ4v) is 1.62. The van der Waals surface area contributed by atoms with Gasteiger partial charge in [0.15, 0.2) is 6.29 Å². The number of nitrogens with one attached hydrogen (secondary N) is 1. The van der Waals surface area contributed by atoms with Gasteiger partial charge in [-0.05, 0) is 31.5 Å². The molecule has 1 rings (SSSR count). The average Bonchev–Trinajstić information content (AvgIpc) is 2.39. The van der Waals surface area contributed by atoms with Gasteiger partial charge >= 0.3 is 0 Å². The molecule has 3 N–H and O–H groups in total. The van der Waals surface area contributed by atoms with Crippen molar-refractivity contribution in [2.75, 3.05) is 25.5 Å². The molecule has 1 aromatic rings. The summed E-state index contributed by atoms with van der Waals surface area (Å²) in [4.78, 5) is 11.8. The highest BCUT2D eigenvalue weighted by atomic mass is 16.7. The van der Waals surface area contributed by atoms with E-state index in [-0.39, 0.29) is 12.2 Å². The van der Waals surface area contributed by atoms with Gasteiger partial charge in [0.25, 0.3) is 0 Å². The van der Waals surface area contributed by atoms with Crippen LogP contribution < -0.4 is 11.1 Å². The van der Waals surface area contributed by atoms with Crippen molar-refractivity contribution in [2.24, 2.45) is 0 Å². The van der Waals surface area contributed by atoms with Gasteiger partial charge in [-0.25, -0.2) is 0 Å². The molecule has 19 heavy (non-hydrogen) atoms. The van der Waals surface area contributed by atoms with E-state index in [0.717, 1.165) is 5.56 Å². The van der Waals surface area contributed by atoms with Crippen molar-refractivity contribution < 1.29 is 14.3 Å². The molecule has 0 radical (unpaired) electrons. The number of benzene rings is 1. The Morgan fingerprint density at radius 2 is 1.79 bits per heavy atom. The van der Waals surface area contributed by atoms with Crippen LogP contribution in [0.25, 0.3) is 0 Å². The molecule has 0 saturated carbocycles. The van der Waals surface area contributed by atoms with Gasteiger partial charge < -0.3 is 20.5 Å². The van der Waals surface area contributed by atoms with Crippen LogP contribution in [0.2, 0.25) is 0 Å². The normalized spacial score (nSPS) is 10.7. The van der Waals surface area contributed by atoms with E-state index in [9.17, 15) is 4.79 Å². The molecule has 0 fully saturated rings. The molecule has 0 aliphatic carbocycles. The molecule has 0 saturated heterocycles. The van der Waals surface area contributed by atoms with Crippen molar-refractivity contribution in [1.29, 1.82) is 0 Å². The van der Waals surface area contributed by atoms with E-state index in [1.165, 1.54) is 0 Å². The summed E-state index contributed by atoms with van der Waals surface area (Å²) in [6.07, 6.45) is -0.0593. The van der Waals surface area contributed by atoms with Gasteiger partial charge in [0.05, 0.1) is 13.0 Å². The molecule has 0 atom stereocenters. The molecule has 1 amide bonds. The third kappa shape index (κ3) is 6.22. The Morgan fingerprint density at radius 1 is 1.21 bits per heavy atom. The van der Waals surface area contributed by atoms with Gasteiger partial charge in [0, 0.05) is 18.9 Å². The fourth-order valence-electron chi connectivity index (χ4n) is 1.62. The first-order valence-electron chi connectivity index (χ1n) is 6.50. The van der Waals surface area contributed by atoms with Gasteiger partial charge in [-0.15, -0.1) is 0 Å². The molecule has 0 aliphatic heterocycles. The van der Waals surface area contributed by atoms with Crippen molar-refractivity contribution in [2.45, 2.75) is 26.6 Å². The number of amides is 1. The summed E-state index contributed by atoms with van der Waals surface area (Å²) in [5.41, 5.74) is 7.21. The van der Waals surface area contributed by atoms with Crippen LogP contribution in [0, 0.1) is 0 Å². The topological polar surface area (TPSA) is 73.6 Å². The molecule has 1 aromatic carbocycles. The number of anilines is 1. The van der Waals surface area contributed by atoms with Crippen molar-refractivity contribution in [3.05, 3.63) is 29.8 Å². The van der Waals surface area contributed by atoms with E-state index in [1.807, 2.05) is 26.0 Å². The monoisotopic (exact) mass is 266 g/mol. The Kier molecular flexibility index (Phi) is 6.92. The summed E-state index contributed by atoms with van der Waals surface area (Å²) in [5.74, 6) is -0.0609. The summed E-state index contributed by atoms with van der Waals surface area (Å²) >= 11 is 0. The lowest BCUT2D eigenvalue weighted by Crippen LogP contribution is -2.36. The minimum absolute atomic E-state index is 0.0609. The smallest absolute Gasteiger partial charge is 0.224 e. The van der Waals surface area contributed by atoms with Gasteiger partial charge in [-0.1, -0.05) is 12.1 Å². The number of hydrogen-bond acceptors (Lipinski definition) is 4. The molecular formula is C14H22N2O3. The number of carbonyl (C=O) groups is 1. The lowest BCUT2D eigenvalue weighted by atomic mass is 10.1. The van der Waals surface area contributed by atoms with Crippen LogP contribution in [0.3, 0.4) is 0 Å². The van der Waals surface area contributed by atoms with E-state index in [1.54, 1.807) is 12.1 Å². The summed E-state index contributed by atoms with van der Waals surface area (Å²) in [5, 5.41) is 2.80. The minimum Gasteiger partial charge on any atom is -0.399 e. The molecular weight excluding hydrogens is 244 g/mol. The average molecular weight is 266 g/mol. The van der Waals surface area contributed by atoms with Gasteiger partial charge in [-0.2, -0.15) is 0 Å². The molecule has 5 nitrogen and oxygen atoms in total. The van der Waals surface area contributed by atoms with Crippen molar-refractivity contribution in [1.82, 2.24) is 5.32 Å². The van der Waals surface area contributed by atoms with E-state index in [0.29, 0.717) is 31.9 Å². The maximum atomic E-state index is 11.8. The predicted octanol–water partition coefficient (Wildman–Crippen LogP) is 1.33. The van der Waals surface area contributed by atoms with Crippen LogP contribution in [0.1, 0.15) is 19.4 Å². The first-order valence-corrected chi connectivity index (χ1v) is 6.50. The number of carbonyl (C=O) groups excluding carboxylic acids is 1. The summed E-state index contributed by atoms with van der Waals surface area (Å²) in [7, 11) is 0. The number of hydrogen-bond donors (Lipinski definition) is 2. The molecule has 106 valence electrons. The number of rotatable bonds is 8. The molecule has 0 spiro atoms. The summed E-state index contributed by atoms with van der Waals surface area (Å²) in [6, 6.07) is 7.26. The Bertz CT molecular complexity index is 373. The Morgan fingerprint density at radius 3 is 2.32 bits per heavy atom. The largest absolute Gasteiger partial charge is 0.399 e. The van der Waals surface area contributed by atoms with E-state index < -0.39 is 0 Å².